The van der Waals surface area contributed by atoms with Crippen LogP contribution in [0.15, 0.2) is 36.9 Å². The molecule has 0 spiro atoms. The Morgan fingerprint density at radius 3 is 2.80 bits per heavy atom. The lowest BCUT2D eigenvalue weighted by Gasteiger charge is -2.09. The number of hydrogen-bond donors (Lipinski definition) is 1. The summed E-state index contributed by atoms with van der Waals surface area (Å²) < 4.78 is 1.87. The molecule has 1 atom stereocenters. The van der Waals surface area contributed by atoms with E-state index in [4.69, 9.17) is 17.3 Å². The Labute approximate surface area is 93.5 Å². The maximum atomic E-state index is 6.16. The Hall–Kier alpha value is -1.32. The van der Waals surface area contributed by atoms with Crippen molar-refractivity contribution < 1.29 is 0 Å². The zero-order chi connectivity index (χ0) is 10.8. The van der Waals surface area contributed by atoms with E-state index >= 15 is 0 Å². The van der Waals surface area contributed by atoms with Crippen LogP contribution < -0.4 is 5.73 Å². The molecule has 2 N–H and O–H groups in total. The number of nitrogens with two attached hydrogens (primary N) is 1. The highest BCUT2D eigenvalue weighted by Crippen LogP contribution is 2.23. The van der Waals surface area contributed by atoms with Crippen LogP contribution in [0.2, 0.25) is 5.02 Å². The van der Waals surface area contributed by atoms with Gasteiger partial charge in [-0.05, 0) is 24.6 Å². The average Bonchev–Trinajstić information content (AvgIpc) is 2.70. The molecule has 0 aliphatic carbocycles. The lowest BCUT2D eigenvalue weighted by Crippen LogP contribution is -2.05. The van der Waals surface area contributed by atoms with Gasteiger partial charge in [0.25, 0.3) is 0 Å². The number of hydrogen-bond acceptors (Lipinski definition) is 2. The number of aromatic nitrogens is 2. The third-order valence-electron chi connectivity index (χ3n) is 2.28. The van der Waals surface area contributed by atoms with Crippen LogP contribution in [0.5, 0.6) is 0 Å². The predicted molar refractivity (Wildman–Crippen MR) is 61.2 cm³/mol. The van der Waals surface area contributed by atoms with Crippen molar-refractivity contribution in [1.29, 1.82) is 0 Å². The van der Waals surface area contributed by atoms with Crippen LogP contribution in [-0.2, 0) is 0 Å². The fourth-order valence-corrected chi connectivity index (χ4v) is 1.70. The Morgan fingerprint density at radius 2 is 2.27 bits per heavy atom. The molecule has 0 amide bonds. The molecule has 0 saturated carbocycles. The maximum Gasteiger partial charge on any atom is 0.0992 e. The summed E-state index contributed by atoms with van der Waals surface area (Å²) >= 11 is 6.16. The number of nitrogens with zero attached hydrogens (tertiary/aromatic N) is 2. The van der Waals surface area contributed by atoms with E-state index < -0.39 is 0 Å². The van der Waals surface area contributed by atoms with Crippen LogP contribution in [-0.4, -0.2) is 9.55 Å². The second kappa shape index (κ2) is 4.04. The molecule has 0 radical (unpaired) electrons. The monoisotopic (exact) mass is 221 g/mol. The highest BCUT2D eigenvalue weighted by atomic mass is 35.5. The zero-order valence-electron chi connectivity index (χ0n) is 8.39. The van der Waals surface area contributed by atoms with Gasteiger partial charge in [0.2, 0.25) is 0 Å². The van der Waals surface area contributed by atoms with Crippen molar-refractivity contribution in [2.45, 2.75) is 13.0 Å². The van der Waals surface area contributed by atoms with E-state index in [1.165, 1.54) is 0 Å². The van der Waals surface area contributed by atoms with Crippen LogP contribution >= 0.6 is 11.6 Å². The first kappa shape index (κ1) is 10.2. The normalized spacial score (nSPS) is 12.7. The average molecular weight is 222 g/mol. The van der Waals surface area contributed by atoms with Gasteiger partial charge in [-0.15, -0.1) is 0 Å². The molecule has 4 heteroatoms. The summed E-state index contributed by atoms with van der Waals surface area (Å²) in [6, 6.07) is 5.82. The van der Waals surface area contributed by atoms with Gasteiger partial charge in [0.15, 0.2) is 0 Å². The zero-order valence-corrected chi connectivity index (χ0v) is 9.15. The predicted octanol–water partition coefficient (Wildman–Crippen LogP) is 2.55. The standard InChI is InChI=1S/C11H12ClN3/c1-8(13)9-2-3-11(10(12)6-9)15-5-4-14-7-15/h2-8H,13H2,1H3/t8-/m1/s1. The summed E-state index contributed by atoms with van der Waals surface area (Å²) in [6.45, 7) is 1.93. The van der Waals surface area contributed by atoms with E-state index in [9.17, 15) is 0 Å². The highest BCUT2D eigenvalue weighted by molar-refractivity contribution is 6.32. The van der Waals surface area contributed by atoms with E-state index in [2.05, 4.69) is 4.98 Å². The maximum absolute atomic E-state index is 6.16. The van der Waals surface area contributed by atoms with E-state index in [1.54, 1.807) is 12.5 Å². The molecular weight excluding hydrogens is 210 g/mol. The summed E-state index contributed by atoms with van der Waals surface area (Å²) in [5.41, 5.74) is 7.72. The molecule has 2 rings (SSSR count). The minimum absolute atomic E-state index is 0.000614. The summed E-state index contributed by atoms with van der Waals surface area (Å²) in [5, 5.41) is 0.683. The minimum atomic E-state index is -0.000614. The van der Waals surface area contributed by atoms with Gasteiger partial charge in [-0.2, -0.15) is 0 Å². The fourth-order valence-electron chi connectivity index (χ4n) is 1.42. The topological polar surface area (TPSA) is 43.8 Å². The van der Waals surface area contributed by atoms with Crippen molar-refractivity contribution >= 4 is 11.6 Å². The molecule has 0 unspecified atom stereocenters. The van der Waals surface area contributed by atoms with Crippen molar-refractivity contribution in [2.24, 2.45) is 5.73 Å². The molecule has 0 bridgehead atoms. The number of imidazole rings is 1. The molecule has 0 aliphatic rings. The Balaban J connectivity index is 2.44. The van der Waals surface area contributed by atoms with Gasteiger partial charge in [-0.1, -0.05) is 17.7 Å². The summed E-state index contributed by atoms with van der Waals surface area (Å²) in [5.74, 6) is 0. The van der Waals surface area contributed by atoms with Crippen molar-refractivity contribution in [3.05, 3.63) is 47.5 Å². The van der Waals surface area contributed by atoms with Gasteiger partial charge < -0.3 is 10.3 Å². The molecule has 1 aromatic heterocycles. The Bertz CT molecular complexity index is 449. The third kappa shape index (κ3) is 2.03. The van der Waals surface area contributed by atoms with Crippen molar-refractivity contribution in [3.63, 3.8) is 0 Å². The van der Waals surface area contributed by atoms with Gasteiger partial charge in [-0.3, -0.25) is 0 Å². The van der Waals surface area contributed by atoms with Crippen molar-refractivity contribution in [1.82, 2.24) is 9.55 Å². The Morgan fingerprint density at radius 1 is 1.47 bits per heavy atom. The van der Waals surface area contributed by atoms with E-state index in [0.29, 0.717) is 5.02 Å². The lowest BCUT2D eigenvalue weighted by atomic mass is 10.1. The molecule has 15 heavy (non-hydrogen) atoms. The number of benzene rings is 1. The molecule has 0 saturated heterocycles. The van der Waals surface area contributed by atoms with Crippen LogP contribution in [0, 0.1) is 0 Å². The van der Waals surface area contributed by atoms with Gasteiger partial charge in [-0.25, -0.2) is 4.98 Å². The number of rotatable bonds is 2. The lowest BCUT2D eigenvalue weighted by molar-refractivity contribution is 0.817. The third-order valence-corrected chi connectivity index (χ3v) is 2.58. The van der Waals surface area contributed by atoms with Gasteiger partial charge >= 0.3 is 0 Å². The minimum Gasteiger partial charge on any atom is -0.324 e. The first-order valence-corrected chi connectivity index (χ1v) is 5.09. The summed E-state index contributed by atoms with van der Waals surface area (Å²) in [7, 11) is 0. The number of halogens is 1. The molecule has 78 valence electrons. The second-order valence-corrected chi connectivity index (χ2v) is 3.88. The first-order valence-electron chi connectivity index (χ1n) is 4.72. The highest BCUT2D eigenvalue weighted by Gasteiger charge is 2.05. The molecule has 0 aliphatic heterocycles. The van der Waals surface area contributed by atoms with E-state index in [1.807, 2.05) is 35.9 Å². The van der Waals surface area contributed by atoms with Gasteiger partial charge in [0.1, 0.15) is 0 Å². The SMILES string of the molecule is C[C@@H](N)c1ccc(-n2ccnc2)c(Cl)c1. The largest absolute Gasteiger partial charge is 0.324 e. The van der Waals surface area contributed by atoms with Crippen molar-refractivity contribution in [2.75, 3.05) is 0 Å². The first-order chi connectivity index (χ1) is 7.18. The fraction of sp³-hybridized carbons (Fsp3) is 0.182. The van der Waals surface area contributed by atoms with Gasteiger partial charge in [0.05, 0.1) is 17.0 Å². The molecular formula is C11H12ClN3. The van der Waals surface area contributed by atoms with E-state index in [-0.39, 0.29) is 6.04 Å². The smallest absolute Gasteiger partial charge is 0.0992 e. The molecule has 3 nitrogen and oxygen atoms in total. The summed E-state index contributed by atoms with van der Waals surface area (Å²) in [4.78, 5) is 3.98. The van der Waals surface area contributed by atoms with E-state index in [0.717, 1.165) is 11.3 Å². The van der Waals surface area contributed by atoms with Crippen LogP contribution in [0.1, 0.15) is 18.5 Å². The Kier molecular flexibility index (Phi) is 2.75. The quantitative estimate of drug-likeness (QED) is 0.847. The molecule has 2 aromatic rings. The molecule has 1 heterocycles. The molecule has 0 fully saturated rings. The van der Waals surface area contributed by atoms with Crippen molar-refractivity contribution in [3.8, 4) is 5.69 Å². The second-order valence-electron chi connectivity index (χ2n) is 3.47. The van der Waals surface area contributed by atoms with Crippen LogP contribution in [0.4, 0.5) is 0 Å². The van der Waals surface area contributed by atoms with Crippen LogP contribution in [0.25, 0.3) is 5.69 Å². The van der Waals surface area contributed by atoms with Gasteiger partial charge in [0, 0.05) is 18.4 Å². The summed E-state index contributed by atoms with van der Waals surface area (Å²) in [6.07, 6.45) is 5.29. The van der Waals surface area contributed by atoms with Crippen LogP contribution in [0.3, 0.4) is 0 Å². The molecule has 1 aromatic carbocycles.